The van der Waals surface area contributed by atoms with Crippen LogP contribution >= 0.6 is 11.3 Å². The zero-order chi connectivity index (χ0) is 21.0. The number of carbonyl (C=O) groups is 1. The number of rotatable bonds is 8. The minimum Gasteiger partial charge on any atom is -0.435 e. The number of aromatic nitrogens is 1. The number of carbonyl (C=O) groups excluding carboxylic acids is 1. The van der Waals surface area contributed by atoms with E-state index in [1.807, 2.05) is 38.2 Å². The predicted molar refractivity (Wildman–Crippen MR) is 109 cm³/mol. The van der Waals surface area contributed by atoms with E-state index in [1.54, 1.807) is 35.4 Å². The van der Waals surface area contributed by atoms with E-state index in [0.717, 1.165) is 25.7 Å². The van der Waals surface area contributed by atoms with Crippen molar-refractivity contribution in [2.24, 2.45) is 0 Å². The molecule has 1 N–H and O–H groups in total. The highest BCUT2D eigenvalue weighted by Gasteiger charge is 2.23. The molecule has 1 aromatic heterocycles. The second-order valence-corrected chi connectivity index (χ2v) is 8.10. The third-order valence-electron chi connectivity index (χ3n) is 4.75. The number of ether oxygens (including phenoxy) is 1. The maximum Gasteiger partial charge on any atom is 0.387 e. The molecule has 0 spiro atoms. The van der Waals surface area contributed by atoms with Gasteiger partial charge in [-0.1, -0.05) is 12.1 Å². The number of thiazole rings is 1. The van der Waals surface area contributed by atoms with Crippen LogP contribution in [0.15, 0.2) is 48.5 Å². The number of likely N-dealkylation sites (N-methyl/N-ethyl adjacent to an activating group) is 2. The number of quaternary nitrogens is 1. The number of alkyl halides is 2. The van der Waals surface area contributed by atoms with Crippen LogP contribution in [-0.4, -0.2) is 43.0 Å². The number of nitrogens with zero attached hydrogens (tertiary/aromatic N) is 2. The van der Waals surface area contributed by atoms with Crippen LogP contribution in [-0.2, 0) is 11.3 Å². The summed E-state index contributed by atoms with van der Waals surface area (Å²) in [6, 6.07) is 14.3. The second kappa shape index (κ2) is 9.28. The van der Waals surface area contributed by atoms with Gasteiger partial charge < -0.3 is 14.5 Å². The fourth-order valence-corrected chi connectivity index (χ4v) is 4.10. The van der Waals surface area contributed by atoms with Gasteiger partial charge in [0.25, 0.3) is 5.91 Å². The highest BCUT2D eigenvalue weighted by molar-refractivity contribution is 7.18. The topological polar surface area (TPSA) is 46.9 Å². The van der Waals surface area contributed by atoms with Gasteiger partial charge in [-0.25, -0.2) is 4.98 Å². The standard InChI is InChI=1S/C21H23F2N3O2S/c1-14(20-24-17-6-4-5-7-18(17)29-20)26(3)19(27)13-25(2)12-15-8-10-16(11-9-15)28-21(22)23/h4-11,14,21H,12-13H2,1-3H3/p+1/t14-/m1/s1. The van der Waals surface area contributed by atoms with Crippen molar-refractivity contribution in [2.75, 3.05) is 20.6 Å². The molecule has 2 atom stereocenters. The van der Waals surface area contributed by atoms with Crippen LogP contribution in [0.4, 0.5) is 8.78 Å². The fraction of sp³-hybridized carbons (Fsp3) is 0.333. The molecule has 0 radical (unpaired) electrons. The molecule has 3 rings (SSSR count). The monoisotopic (exact) mass is 420 g/mol. The lowest BCUT2D eigenvalue weighted by atomic mass is 10.2. The first-order chi connectivity index (χ1) is 13.8. The van der Waals surface area contributed by atoms with E-state index in [1.165, 1.54) is 12.1 Å². The summed E-state index contributed by atoms with van der Waals surface area (Å²) in [5, 5.41) is 0.911. The number of hydrogen-bond donors (Lipinski definition) is 1. The summed E-state index contributed by atoms with van der Waals surface area (Å²) in [6.07, 6.45) is 0. The lowest BCUT2D eigenvalue weighted by Gasteiger charge is -2.24. The zero-order valence-electron chi connectivity index (χ0n) is 16.6. The minimum atomic E-state index is -2.83. The molecule has 29 heavy (non-hydrogen) atoms. The Kier molecular flexibility index (Phi) is 6.76. The zero-order valence-corrected chi connectivity index (χ0v) is 17.4. The van der Waals surface area contributed by atoms with Gasteiger partial charge in [0.2, 0.25) is 0 Å². The highest BCUT2D eigenvalue weighted by Crippen LogP contribution is 2.28. The van der Waals surface area contributed by atoms with E-state index in [9.17, 15) is 13.6 Å². The first-order valence-electron chi connectivity index (χ1n) is 9.29. The first kappa shape index (κ1) is 21.1. The average Bonchev–Trinajstić information content (AvgIpc) is 3.12. The predicted octanol–water partition coefficient (Wildman–Crippen LogP) is 3.13. The van der Waals surface area contributed by atoms with E-state index in [-0.39, 0.29) is 17.7 Å². The molecule has 0 saturated heterocycles. The summed E-state index contributed by atoms with van der Waals surface area (Å²) >= 11 is 1.60. The van der Waals surface area contributed by atoms with Crippen molar-refractivity contribution in [2.45, 2.75) is 26.1 Å². The van der Waals surface area contributed by atoms with E-state index < -0.39 is 6.61 Å². The Labute approximate surface area is 172 Å². The molecule has 0 aliphatic heterocycles. The quantitative estimate of drug-likeness (QED) is 0.609. The van der Waals surface area contributed by atoms with Gasteiger partial charge in [0.05, 0.1) is 23.3 Å². The number of fused-ring (bicyclic) bond motifs is 1. The summed E-state index contributed by atoms with van der Waals surface area (Å²) in [5.74, 6) is 0.147. The lowest BCUT2D eigenvalue weighted by molar-refractivity contribution is -0.885. The molecule has 8 heteroatoms. The molecular weight excluding hydrogens is 396 g/mol. The number of benzene rings is 2. The second-order valence-electron chi connectivity index (χ2n) is 7.03. The number of amides is 1. The SMILES string of the molecule is C[C@H](c1nc2ccccc2s1)N(C)C(=O)C[NH+](C)Cc1ccc(OC(F)F)cc1. The van der Waals surface area contributed by atoms with Crippen LogP contribution in [0.1, 0.15) is 23.5 Å². The molecule has 0 bridgehead atoms. The maximum absolute atomic E-state index is 12.7. The fourth-order valence-electron chi connectivity index (χ4n) is 3.03. The van der Waals surface area contributed by atoms with Gasteiger partial charge in [-0.3, -0.25) is 4.79 Å². The first-order valence-corrected chi connectivity index (χ1v) is 10.1. The average molecular weight is 421 g/mol. The molecule has 5 nitrogen and oxygen atoms in total. The minimum absolute atomic E-state index is 0.0203. The molecule has 0 fully saturated rings. The molecular formula is C21H24F2N3O2S+. The van der Waals surface area contributed by atoms with Gasteiger partial charge in [0.15, 0.2) is 6.54 Å². The summed E-state index contributed by atoms with van der Waals surface area (Å²) in [6.45, 7) is 0.0670. The summed E-state index contributed by atoms with van der Waals surface area (Å²) in [5.41, 5.74) is 1.89. The smallest absolute Gasteiger partial charge is 0.387 e. The maximum atomic E-state index is 12.7. The number of hydrogen-bond acceptors (Lipinski definition) is 4. The van der Waals surface area contributed by atoms with Crippen LogP contribution < -0.4 is 9.64 Å². The Morgan fingerprint density at radius 3 is 2.55 bits per heavy atom. The molecule has 0 aliphatic carbocycles. The lowest BCUT2D eigenvalue weighted by Crippen LogP contribution is -3.08. The van der Waals surface area contributed by atoms with Crippen molar-refractivity contribution in [3.8, 4) is 5.75 Å². The Balaban J connectivity index is 1.56. The van der Waals surface area contributed by atoms with Crippen molar-refractivity contribution in [3.05, 3.63) is 59.1 Å². The molecule has 0 aliphatic rings. The van der Waals surface area contributed by atoms with Crippen LogP contribution in [0.2, 0.25) is 0 Å². The third kappa shape index (κ3) is 5.48. The Morgan fingerprint density at radius 2 is 1.90 bits per heavy atom. The third-order valence-corrected chi connectivity index (χ3v) is 5.96. The van der Waals surface area contributed by atoms with Crippen LogP contribution in [0, 0.1) is 0 Å². The summed E-state index contributed by atoms with van der Waals surface area (Å²) in [7, 11) is 3.72. The molecule has 1 unspecified atom stereocenters. The van der Waals surface area contributed by atoms with Gasteiger partial charge in [-0.2, -0.15) is 8.78 Å². The number of nitrogens with one attached hydrogen (secondary N) is 1. The van der Waals surface area contributed by atoms with Gasteiger partial charge in [-0.15, -0.1) is 11.3 Å². The van der Waals surface area contributed by atoms with Crippen molar-refractivity contribution in [1.29, 1.82) is 0 Å². The van der Waals surface area contributed by atoms with Gasteiger partial charge >= 0.3 is 6.61 Å². The van der Waals surface area contributed by atoms with Crippen molar-refractivity contribution in [1.82, 2.24) is 9.88 Å². The van der Waals surface area contributed by atoms with Gasteiger partial charge in [-0.05, 0) is 43.3 Å². The molecule has 2 aromatic carbocycles. The summed E-state index contributed by atoms with van der Waals surface area (Å²) in [4.78, 5) is 20.1. The number of para-hydroxylation sites is 1. The van der Waals surface area contributed by atoms with Crippen molar-refractivity contribution in [3.63, 3.8) is 0 Å². The van der Waals surface area contributed by atoms with E-state index >= 15 is 0 Å². The van der Waals surface area contributed by atoms with E-state index in [0.29, 0.717) is 13.1 Å². The van der Waals surface area contributed by atoms with Gasteiger partial charge in [0, 0.05) is 12.6 Å². The van der Waals surface area contributed by atoms with Crippen molar-refractivity contribution < 1.29 is 23.2 Å². The molecule has 154 valence electrons. The van der Waals surface area contributed by atoms with Crippen molar-refractivity contribution >= 4 is 27.5 Å². The normalized spacial score (nSPS) is 13.4. The van der Waals surface area contributed by atoms with Crippen LogP contribution in [0.3, 0.4) is 0 Å². The highest BCUT2D eigenvalue weighted by atomic mass is 32.1. The van der Waals surface area contributed by atoms with Gasteiger partial charge in [0.1, 0.15) is 17.3 Å². The van der Waals surface area contributed by atoms with E-state index in [2.05, 4.69) is 9.72 Å². The summed E-state index contributed by atoms with van der Waals surface area (Å²) < 4.78 is 29.9. The molecule has 0 saturated carbocycles. The molecule has 3 aromatic rings. The van der Waals surface area contributed by atoms with E-state index in [4.69, 9.17) is 0 Å². The van der Waals surface area contributed by atoms with Crippen LogP contribution in [0.5, 0.6) is 5.75 Å². The Bertz CT molecular complexity index is 929. The Morgan fingerprint density at radius 1 is 1.21 bits per heavy atom. The Hall–Kier alpha value is -2.58. The van der Waals surface area contributed by atoms with Crippen LogP contribution in [0.25, 0.3) is 10.2 Å². The number of halogens is 2. The molecule has 1 heterocycles. The molecule has 1 amide bonds. The largest absolute Gasteiger partial charge is 0.435 e.